The van der Waals surface area contributed by atoms with Gasteiger partial charge >= 0.3 is 5.97 Å². The fraction of sp³-hybridized carbons (Fsp3) is 0.417. The van der Waals surface area contributed by atoms with Crippen LogP contribution in [0.15, 0.2) is 23.1 Å². The van der Waals surface area contributed by atoms with Crippen molar-refractivity contribution >= 4 is 16.0 Å². The van der Waals surface area contributed by atoms with Crippen LogP contribution in [-0.4, -0.2) is 49.5 Å². The van der Waals surface area contributed by atoms with Crippen LogP contribution in [0.25, 0.3) is 0 Å². The molecule has 0 aromatic heterocycles. The molecule has 0 radical (unpaired) electrons. The Kier molecular flexibility index (Phi) is 4.07. The summed E-state index contributed by atoms with van der Waals surface area (Å²) in [5.41, 5.74) is 0.301. The number of piperazine rings is 1. The van der Waals surface area contributed by atoms with Crippen LogP contribution >= 0.6 is 0 Å². The molecule has 0 saturated carbocycles. The number of hydrogen-bond acceptors (Lipinski definition) is 4. The molecule has 20 heavy (non-hydrogen) atoms. The minimum absolute atomic E-state index is 0.00457. The predicted octanol–water partition coefficient (Wildman–Crippen LogP) is 0.181. The summed E-state index contributed by atoms with van der Waals surface area (Å²) >= 11 is 0. The second-order valence-corrected chi connectivity index (χ2v) is 6.52. The number of hydrogen-bond donors (Lipinski definition) is 2. The standard InChI is InChI=1S/C12H15FN2O4S/c1-8-6-9(13)2-3-11(8)20(18,19)15-5-4-14-10(7-15)12(16)17/h2-3,6,10,14H,4-5,7H2,1H3,(H,16,17). The van der Waals surface area contributed by atoms with E-state index in [0.29, 0.717) is 5.56 Å². The molecule has 8 heteroatoms. The summed E-state index contributed by atoms with van der Waals surface area (Å²) in [6.07, 6.45) is 0. The van der Waals surface area contributed by atoms with Gasteiger partial charge in [0.15, 0.2) is 0 Å². The van der Waals surface area contributed by atoms with Crippen molar-refractivity contribution in [2.45, 2.75) is 17.9 Å². The summed E-state index contributed by atoms with van der Waals surface area (Å²) < 4.78 is 39.1. The molecule has 110 valence electrons. The Labute approximate surface area is 116 Å². The van der Waals surface area contributed by atoms with E-state index in [2.05, 4.69) is 5.32 Å². The Morgan fingerprint density at radius 2 is 2.20 bits per heavy atom. The molecule has 6 nitrogen and oxygen atoms in total. The van der Waals surface area contributed by atoms with Gasteiger partial charge < -0.3 is 10.4 Å². The Morgan fingerprint density at radius 1 is 1.50 bits per heavy atom. The summed E-state index contributed by atoms with van der Waals surface area (Å²) in [6.45, 7) is 1.81. The number of carboxylic acids is 1. The average Bonchev–Trinajstić information content (AvgIpc) is 2.38. The quantitative estimate of drug-likeness (QED) is 0.832. The predicted molar refractivity (Wildman–Crippen MR) is 69.3 cm³/mol. The Balaban J connectivity index is 2.32. The van der Waals surface area contributed by atoms with Gasteiger partial charge in [0.05, 0.1) is 4.90 Å². The molecule has 0 aliphatic carbocycles. The van der Waals surface area contributed by atoms with Crippen molar-refractivity contribution in [2.75, 3.05) is 19.6 Å². The number of carbonyl (C=O) groups is 1. The van der Waals surface area contributed by atoms with Gasteiger partial charge in [-0.15, -0.1) is 0 Å². The zero-order chi connectivity index (χ0) is 14.9. The lowest BCUT2D eigenvalue weighted by atomic mass is 10.2. The number of nitrogens with one attached hydrogen (secondary N) is 1. The molecule has 1 heterocycles. The first-order valence-corrected chi connectivity index (χ1v) is 7.49. The molecule has 0 spiro atoms. The monoisotopic (exact) mass is 302 g/mol. The van der Waals surface area contributed by atoms with Crippen LogP contribution in [0.3, 0.4) is 0 Å². The first-order valence-electron chi connectivity index (χ1n) is 6.05. The summed E-state index contributed by atoms with van der Waals surface area (Å²) in [6, 6.07) is 2.50. The van der Waals surface area contributed by atoms with E-state index >= 15 is 0 Å². The van der Waals surface area contributed by atoms with Gasteiger partial charge in [0.2, 0.25) is 10.0 Å². The van der Waals surface area contributed by atoms with Gasteiger partial charge in [0.1, 0.15) is 11.9 Å². The molecular formula is C12H15FN2O4S. The molecule has 1 unspecified atom stereocenters. The number of sulfonamides is 1. The summed E-state index contributed by atoms with van der Waals surface area (Å²) in [5, 5.41) is 11.7. The highest BCUT2D eigenvalue weighted by molar-refractivity contribution is 7.89. The van der Waals surface area contributed by atoms with Crippen LogP contribution < -0.4 is 5.32 Å². The van der Waals surface area contributed by atoms with Gasteiger partial charge in [-0.2, -0.15) is 4.31 Å². The number of carboxylic acid groups (broad SMARTS) is 1. The second-order valence-electron chi connectivity index (χ2n) is 4.62. The summed E-state index contributed by atoms with van der Waals surface area (Å²) in [5.74, 6) is -1.61. The third kappa shape index (κ3) is 2.82. The van der Waals surface area contributed by atoms with Gasteiger partial charge in [0.25, 0.3) is 0 Å². The molecular weight excluding hydrogens is 287 g/mol. The van der Waals surface area contributed by atoms with Crippen molar-refractivity contribution in [3.05, 3.63) is 29.6 Å². The summed E-state index contributed by atoms with van der Waals surface area (Å²) in [7, 11) is -3.81. The number of aliphatic carboxylic acids is 1. The molecule has 1 aliphatic heterocycles. The molecule has 1 aromatic rings. The minimum atomic E-state index is -3.81. The van der Waals surface area contributed by atoms with Crippen LogP contribution in [-0.2, 0) is 14.8 Å². The SMILES string of the molecule is Cc1cc(F)ccc1S(=O)(=O)N1CCNC(C(=O)O)C1. The Morgan fingerprint density at radius 3 is 2.80 bits per heavy atom. The van der Waals surface area contributed by atoms with E-state index in [1.54, 1.807) is 0 Å². The van der Waals surface area contributed by atoms with Crippen LogP contribution in [0.4, 0.5) is 4.39 Å². The average molecular weight is 302 g/mol. The number of halogens is 1. The highest BCUT2D eigenvalue weighted by Crippen LogP contribution is 2.21. The largest absolute Gasteiger partial charge is 0.480 e. The third-order valence-electron chi connectivity index (χ3n) is 3.19. The molecule has 1 aliphatic rings. The lowest BCUT2D eigenvalue weighted by molar-refractivity contribution is -0.140. The molecule has 0 bridgehead atoms. The molecule has 1 saturated heterocycles. The zero-order valence-corrected chi connectivity index (χ0v) is 11.7. The van der Waals surface area contributed by atoms with E-state index in [9.17, 15) is 17.6 Å². The maximum absolute atomic E-state index is 13.0. The van der Waals surface area contributed by atoms with E-state index in [4.69, 9.17) is 5.11 Å². The molecule has 1 fully saturated rings. The summed E-state index contributed by atoms with van der Waals surface area (Å²) in [4.78, 5) is 10.9. The Bertz CT molecular complexity index is 632. The maximum atomic E-state index is 13.0. The van der Waals surface area contributed by atoms with Crippen molar-refractivity contribution < 1.29 is 22.7 Å². The first kappa shape index (κ1) is 14.9. The second kappa shape index (κ2) is 5.47. The van der Waals surface area contributed by atoms with Gasteiger partial charge in [-0.3, -0.25) is 4.79 Å². The van der Waals surface area contributed by atoms with Crippen molar-refractivity contribution in [2.24, 2.45) is 0 Å². The van der Waals surface area contributed by atoms with Crippen molar-refractivity contribution in [1.82, 2.24) is 9.62 Å². The first-order chi connectivity index (χ1) is 9.32. The molecule has 0 amide bonds. The van der Waals surface area contributed by atoms with Crippen LogP contribution in [0.5, 0.6) is 0 Å². The normalized spacial score (nSPS) is 20.8. The number of nitrogens with zero attached hydrogens (tertiary/aromatic N) is 1. The van der Waals surface area contributed by atoms with Gasteiger partial charge in [0, 0.05) is 19.6 Å². The molecule has 2 N–H and O–H groups in total. The highest BCUT2D eigenvalue weighted by Gasteiger charge is 2.33. The lowest BCUT2D eigenvalue weighted by Gasteiger charge is -2.31. The Hall–Kier alpha value is -1.51. The van der Waals surface area contributed by atoms with Crippen LogP contribution in [0, 0.1) is 12.7 Å². The molecule has 1 atom stereocenters. The minimum Gasteiger partial charge on any atom is -0.480 e. The van der Waals surface area contributed by atoms with Gasteiger partial charge in [-0.25, -0.2) is 12.8 Å². The maximum Gasteiger partial charge on any atom is 0.322 e. The number of benzene rings is 1. The lowest BCUT2D eigenvalue weighted by Crippen LogP contribution is -2.55. The number of aryl methyl sites for hydroxylation is 1. The number of rotatable bonds is 3. The van der Waals surface area contributed by atoms with Crippen LogP contribution in [0.2, 0.25) is 0 Å². The van der Waals surface area contributed by atoms with Crippen LogP contribution in [0.1, 0.15) is 5.56 Å². The van der Waals surface area contributed by atoms with Crippen molar-refractivity contribution in [1.29, 1.82) is 0 Å². The van der Waals surface area contributed by atoms with Gasteiger partial charge in [-0.05, 0) is 30.7 Å². The fourth-order valence-electron chi connectivity index (χ4n) is 2.15. The zero-order valence-electron chi connectivity index (χ0n) is 10.8. The molecule has 1 aromatic carbocycles. The van der Waals surface area contributed by atoms with Crippen molar-refractivity contribution in [3.8, 4) is 0 Å². The van der Waals surface area contributed by atoms with E-state index in [1.807, 2.05) is 0 Å². The van der Waals surface area contributed by atoms with Gasteiger partial charge in [-0.1, -0.05) is 0 Å². The van der Waals surface area contributed by atoms with Crippen molar-refractivity contribution in [3.63, 3.8) is 0 Å². The molecule has 2 rings (SSSR count). The van der Waals surface area contributed by atoms with E-state index in [-0.39, 0.29) is 24.5 Å². The van der Waals surface area contributed by atoms with E-state index < -0.39 is 27.9 Å². The van der Waals surface area contributed by atoms with E-state index in [0.717, 1.165) is 16.4 Å². The van der Waals surface area contributed by atoms with E-state index in [1.165, 1.54) is 13.0 Å². The smallest absolute Gasteiger partial charge is 0.322 e. The highest BCUT2D eigenvalue weighted by atomic mass is 32.2. The third-order valence-corrected chi connectivity index (χ3v) is 5.22. The fourth-order valence-corrected chi connectivity index (χ4v) is 3.81. The topological polar surface area (TPSA) is 86.7 Å².